The molecule has 3 rings (SSSR count). The number of fused-ring (bicyclic) bond motifs is 1. The number of rotatable bonds is 1. The third-order valence-corrected chi connectivity index (χ3v) is 1.90. The van der Waals surface area contributed by atoms with Gasteiger partial charge in [-0.3, -0.25) is 0 Å². The van der Waals surface area contributed by atoms with Crippen molar-refractivity contribution in [2.24, 2.45) is 0 Å². The maximum Gasteiger partial charge on any atom is 0.221 e. The number of nitrogens with one attached hydrogen (secondary N) is 2. The molecule has 2 heterocycles. The lowest BCUT2D eigenvalue weighted by atomic mass is 10.3. The van der Waals surface area contributed by atoms with E-state index < -0.39 is 0 Å². The minimum Gasteiger partial charge on any atom is -0.219 e. The highest BCUT2D eigenvalue weighted by atomic mass is 16.8. The van der Waals surface area contributed by atoms with Crippen LogP contribution in [0.25, 0.3) is 5.69 Å². The van der Waals surface area contributed by atoms with Crippen molar-refractivity contribution >= 4 is 11.6 Å². The number of hydrogen-bond donors (Lipinski definition) is 2. The Morgan fingerprint density at radius 2 is 1.64 bits per heavy atom. The highest BCUT2D eigenvalue weighted by Crippen LogP contribution is 2.22. The summed E-state index contributed by atoms with van der Waals surface area (Å²) in [5.41, 5.74) is 6.08. The van der Waals surface area contributed by atoms with Gasteiger partial charge in [-0.1, -0.05) is 18.2 Å². The van der Waals surface area contributed by atoms with E-state index in [0.717, 1.165) is 5.69 Å². The van der Waals surface area contributed by atoms with Crippen LogP contribution in [0.1, 0.15) is 0 Å². The van der Waals surface area contributed by atoms with Crippen LogP contribution < -0.4 is 11.0 Å². The first-order valence-electron chi connectivity index (χ1n) is 4.14. The van der Waals surface area contributed by atoms with E-state index in [0.29, 0.717) is 11.6 Å². The molecule has 0 aliphatic carbocycles. The maximum absolute atomic E-state index is 4.71. The Balaban J connectivity index is 2.06. The molecule has 0 unspecified atom stereocenters. The molecule has 0 amide bonds. The van der Waals surface area contributed by atoms with Crippen molar-refractivity contribution in [2.75, 3.05) is 11.0 Å². The fourth-order valence-electron chi connectivity index (χ4n) is 1.24. The monoisotopic (exact) mass is 189 g/mol. The molecule has 70 valence electrons. The van der Waals surface area contributed by atoms with Crippen molar-refractivity contribution in [3.05, 3.63) is 30.3 Å². The smallest absolute Gasteiger partial charge is 0.219 e. The molecule has 0 radical (unpaired) electrons. The number of benzene rings is 1. The molecule has 2 aromatic rings. The predicted octanol–water partition coefficient (Wildman–Crippen LogP) is 0.951. The van der Waals surface area contributed by atoms with Gasteiger partial charge in [-0.25, -0.2) is 11.0 Å². The van der Waals surface area contributed by atoms with Gasteiger partial charge in [0.15, 0.2) is 0 Å². The molecule has 1 aliphatic heterocycles. The second-order valence-electron chi connectivity index (χ2n) is 2.83. The predicted molar refractivity (Wildman–Crippen MR) is 49.7 cm³/mol. The van der Waals surface area contributed by atoms with Gasteiger partial charge in [0.25, 0.3) is 0 Å². The summed E-state index contributed by atoms with van der Waals surface area (Å²) in [4.78, 5) is 6.24. The lowest BCUT2D eigenvalue weighted by Crippen LogP contribution is -2.04. The third-order valence-electron chi connectivity index (χ3n) is 1.90. The number of aromatic nitrogens is 3. The van der Waals surface area contributed by atoms with E-state index in [1.54, 1.807) is 0 Å². The largest absolute Gasteiger partial charge is 0.221 e. The lowest BCUT2D eigenvalue weighted by molar-refractivity contribution is 0.277. The van der Waals surface area contributed by atoms with Crippen LogP contribution in [0.5, 0.6) is 0 Å². The first-order chi connectivity index (χ1) is 6.93. The Morgan fingerprint density at radius 3 is 2.29 bits per heavy atom. The average Bonchev–Trinajstić information content (AvgIpc) is 2.78. The van der Waals surface area contributed by atoms with Gasteiger partial charge >= 0.3 is 0 Å². The van der Waals surface area contributed by atoms with E-state index >= 15 is 0 Å². The minimum absolute atomic E-state index is 0.592. The summed E-state index contributed by atoms with van der Waals surface area (Å²) in [7, 11) is 0. The SMILES string of the molecule is c1ccc(-n2nc3c(n2)NON3)cc1. The number of hydrogen-bond acceptors (Lipinski definition) is 5. The zero-order valence-corrected chi connectivity index (χ0v) is 7.14. The van der Waals surface area contributed by atoms with Crippen LogP contribution in [0, 0.1) is 0 Å². The van der Waals surface area contributed by atoms with Crippen LogP contribution in [0.4, 0.5) is 11.6 Å². The zero-order chi connectivity index (χ0) is 9.38. The molecule has 1 aromatic heterocycles. The quantitative estimate of drug-likeness (QED) is 0.699. The summed E-state index contributed by atoms with van der Waals surface area (Å²) >= 11 is 0. The molecule has 6 nitrogen and oxygen atoms in total. The normalized spacial score (nSPS) is 13.1. The summed E-state index contributed by atoms with van der Waals surface area (Å²) < 4.78 is 0. The van der Waals surface area contributed by atoms with Gasteiger partial charge in [0.1, 0.15) is 0 Å². The summed E-state index contributed by atoms with van der Waals surface area (Å²) in [6.07, 6.45) is 0. The molecule has 2 N–H and O–H groups in total. The number of nitrogens with zero attached hydrogens (tertiary/aromatic N) is 3. The molecule has 0 bridgehead atoms. The Bertz CT molecular complexity index is 431. The van der Waals surface area contributed by atoms with Gasteiger partial charge in [0, 0.05) is 0 Å². The molecule has 0 spiro atoms. The van der Waals surface area contributed by atoms with Crippen molar-refractivity contribution in [1.29, 1.82) is 0 Å². The van der Waals surface area contributed by atoms with Crippen LogP contribution in [-0.2, 0) is 4.94 Å². The van der Waals surface area contributed by atoms with Crippen LogP contribution >= 0.6 is 0 Å². The Kier molecular flexibility index (Phi) is 1.42. The Labute approximate surface area is 79.4 Å². The van der Waals surface area contributed by atoms with E-state index in [-0.39, 0.29) is 0 Å². The number of anilines is 2. The highest BCUT2D eigenvalue weighted by molar-refractivity contribution is 5.59. The lowest BCUT2D eigenvalue weighted by Gasteiger charge is -1.98. The van der Waals surface area contributed by atoms with E-state index in [1.165, 1.54) is 4.80 Å². The zero-order valence-electron chi connectivity index (χ0n) is 7.14. The second kappa shape index (κ2) is 2.71. The summed E-state index contributed by atoms with van der Waals surface area (Å²) in [6.45, 7) is 0. The van der Waals surface area contributed by atoms with Crippen LogP contribution in [0.15, 0.2) is 30.3 Å². The van der Waals surface area contributed by atoms with Crippen LogP contribution in [-0.4, -0.2) is 15.0 Å². The maximum atomic E-state index is 4.71. The molecule has 0 atom stereocenters. The first kappa shape index (κ1) is 7.34. The van der Waals surface area contributed by atoms with Gasteiger partial charge in [-0.05, 0) is 12.1 Å². The molecule has 0 saturated carbocycles. The van der Waals surface area contributed by atoms with Gasteiger partial charge in [0.05, 0.1) is 5.69 Å². The van der Waals surface area contributed by atoms with E-state index in [9.17, 15) is 0 Å². The summed E-state index contributed by atoms with van der Waals surface area (Å²) in [6, 6.07) is 9.66. The molecule has 0 saturated heterocycles. The van der Waals surface area contributed by atoms with Crippen LogP contribution in [0.3, 0.4) is 0 Å². The Hall–Kier alpha value is -2.08. The second-order valence-corrected chi connectivity index (χ2v) is 2.83. The van der Waals surface area contributed by atoms with E-state index in [1.807, 2.05) is 30.3 Å². The molecule has 14 heavy (non-hydrogen) atoms. The first-order valence-corrected chi connectivity index (χ1v) is 4.14. The van der Waals surface area contributed by atoms with Crippen molar-refractivity contribution in [2.45, 2.75) is 0 Å². The van der Waals surface area contributed by atoms with Crippen molar-refractivity contribution in [1.82, 2.24) is 15.0 Å². The minimum atomic E-state index is 0.592. The Morgan fingerprint density at radius 1 is 1.00 bits per heavy atom. The van der Waals surface area contributed by atoms with Gasteiger partial charge in [-0.2, -0.15) is 4.94 Å². The summed E-state index contributed by atoms with van der Waals surface area (Å²) in [5, 5.41) is 8.34. The van der Waals surface area contributed by atoms with Crippen molar-refractivity contribution in [3.8, 4) is 5.69 Å². The molecular formula is C8H7N5O. The average molecular weight is 189 g/mol. The fraction of sp³-hybridized carbons (Fsp3) is 0. The topological polar surface area (TPSA) is 64.0 Å². The van der Waals surface area contributed by atoms with Gasteiger partial charge in [-0.15, -0.1) is 15.0 Å². The van der Waals surface area contributed by atoms with Crippen LogP contribution in [0.2, 0.25) is 0 Å². The van der Waals surface area contributed by atoms with Gasteiger partial charge in [0.2, 0.25) is 11.6 Å². The van der Waals surface area contributed by atoms with Crippen molar-refractivity contribution < 1.29 is 4.94 Å². The number of para-hydroxylation sites is 1. The third kappa shape index (κ3) is 1.01. The fourth-order valence-corrected chi connectivity index (χ4v) is 1.24. The molecule has 6 heteroatoms. The summed E-state index contributed by atoms with van der Waals surface area (Å²) in [5.74, 6) is 1.18. The van der Waals surface area contributed by atoms with Crippen molar-refractivity contribution in [3.63, 3.8) is 0 Å². The standard InChI is InChI=1S/C8H7N5O/c1-2-4-6(5-3-1)13-9-7-8(10-13)12-14-11-7/h1-5H,(H,9,11)(H,10,12). The molecule has 1 aliphatic rings. The molecular weight excluding hydrogens is 182 g/mol. The molecule has 0 fully saturated rings. The molecule has 1 aromatic carbocycles. The highest BCUT2D eigenvalue weighted by Gasteiger charge is 2.17. The van der Waals surface area contributed by atoms with Gasteiger partial charge < -0.3 is 0 Å². The van der Waals surface area contributed by atoms with E-state index in [2.05, 4.69) is 21.2 Å². The van der Waals surface area contributed by atoms with E-state index in [4.69, 9.17) is 4.94 Å².